The fourth-order valence-corrected chi connectivity index (χ4v) is 5.39. The lowest BCUT2D eigenvalue weighted by atomic mass is 9.62. The second-order valence-electron chi connectivity index (χ2n) is 9.46. The first-order chi connectivity index (χ1) is 18.7. The Bertz CT molecular complexity index is 1350. The topological polar surface area (TPSA) is 127 Å². The number of ether oxygens (including phenoxy) is 2. The van der Waals surface area contributed by atoms with Gasteiger partial charge in [0.05, 0.1) is 42.0 Å². The van der Waals surface area contributed by atoms with Gasteiger partial charge in [0.2, 0.25) is 11.8 Å². The predicted molar refractivity (Wildman–Crippen MR) is 149 cm³/mol. The van der Waals surface area contributed by atoms with Gasteiger partial charge in [0.25, 0.3) is 0 Å². The largest absolute Gasteiger partial charge is 0.492 e. The minimum absolute atomic E-state index is 0.215. The fourth-order valence-electron chi connectivity index (χ4n) is 5.07. The minimum atomic E-state index is -1.77. The fraction of sp³-hybridized carbons (Fsp3) is 0.345. The summed E-state index contributed by atoms with van der Waals surface area (Å²) in [6.07, 6.45) is -0.401. The number of carbonyl (C=O) groups excluding carboxylic acids is 3. The molecule has 0 radical (unpaired) electrons. The van der Waals surface area contributed by atoms with E-state index in [1.807, 2.05) is 13.8 Å². The maximum atomic E-state index is 13.9. The molecule has 3 aromatic rings. The van der Waals surface area contributed by atoms with Crippen LogP contribution in [0.2, 0.25) is 0 Å². The zero-order valence-electron chi connectivity index (χ0n) is 21.9. The molecule has 10 heteroatoms. The molecule has 4 atom stereocenters. The van der Waals surface area contributed by atoms with Crippen LogP contribution >= 0.6 is 15.9 Å². The van der Waals surface area contributed by atoms with Crippen LogP contribution in [0.1, 0.15) is 38.9 Å². The number of hydrogen-bond acceptors (Lipinski definition) is 7. The highest BCUT2D eigenvalue weighted by Gasteiger charge is 2.57. The van der Waals surface area contributed by atoms with Crippen molar-refractivity contribution in [3.63, 3.8) is 0 Å². The van der Waals surface area contributed by atoms with E-state index in [4.69, 9.17) is 13.9 Å². The molecule has 206 valence electrons. The molecule has 39 heavy (non-hydrogen) atoms. The molecule has 1 aromatic heterocycles. The van der Waals surface area contributed by atoms with Gasteiger partial charge in [0, 0.05) is 6.42 Å². The molecule has 0 saturated heterocycles. The van der Waals surface area contributed by atoms with Crippen LogP contribution in [0.3, 0.4) is 0 Å². The van der Waals surface area contributed by atoms with Crippen LogP contribution in [0.25, 0.3) is 0 Å². The lowest BCUT2D eigenvalue weighted by Gasteiger charge is -2.43. The van der Waals surface area contributed by atoms with Gasteiger partial charge in [-0.2, -0.15) is 0 Å². The Morgan fingerprint density at radius 3 is 2.00 bits per heavy atom. The number of Topliss-reactive ketones (excluding diaryl/α,β-unsaturated/α-hetero) is 1. The summed E-state index contributed by atoms with van der Waals surface area (Å²) >= 11 is 3.27. The Hall–Kier alpha value is -3.63. The van der Waals surface area contributed by atoms with E-state index in [1.165, 1.54) is 6.92 Å². The molecular weight excluding hydrogens is 568 g/mol. The van der Waals surface area contributed by atoms with E-state index in [0.717, 1.165) is 0 Å². The Morgan fingerprint density at radius 2 is 1.49 bits per heavy atom. The van der Waals surface area contributed by atoms with Gasteiger partial charge >= 0.3 is 0 Å². The van der Waals surface area contributed by atoms with E-state index in [9.17, 15) is 19.5 Å². The third-order valence-electron chi connectivity index (χ3n) is 6.64. The van der Waals surface area contributed by atoms with Crippen LogP contribution < -0.4 is 20.1 Å². The van der Waals surface area contributed by atoms with Crippen LogP contribution in [0.15, 0.2) is 69.8 Å². The highest BCUT2D eigenvalue weighted by Crippen LogP contribution is 2.47. The van der Waals surface area contributed by atoms with Crippen molar-refractivity contribution in [3.05, 3.63) is 71.1 Å². The van der Waals surface area contributed by atoms with Crippen LogP contribution in [-0.4, -0.2) is 41.5 Å². The van der Waals surface area contributed by atoms with Gasteiger partial charge in [-0.25, -0.2) is 0 Å². The molecule has 1 aliphatic carbocycles. The summed E-state index contributed by atoms with van der Waals surface area (Å²) in [7, 11) is 0. The van der Waals surface area contributed by atoms with Crippen molar-refractivity contribution in [1.82, 2.24) is 0 Å². The highest BCUT2D eigenvalue weighted by molar-refractivity contribution is 9.10. The Morgan fingerprint density at radius 1 is 0.949 bits per heavy atom. The quantitative estimate of drug-likeness (QED) is 0.290. The van der Waals surface area contributed by atoms with E-state index in [-0.39, 0.29) is 5.76 Å². The molecule has 1 fully saturated rings. The number of ketones is 1. The minimum Gasteiger partial charge on any atom is -0.492 e. The lowest BCUT2D eigenvalue weighted by Crippen LogP contribution is -2.56. The number of anilines is 2. The number of rotatable bonds is 9. The molecule has 1 saturated carbocycles. The molecule has 4 unspecified atom stereocenters. The Labute approximate surface area is 235 Å². The van der Waals surface area contributed by atoms with E-state index >= 15 is 0 Å². The van der Waals surface area contributed by atoms with E-state index in [0.29, 0.717) is 40.8 Å². The van der Waals surface area contributed by atoms with Crippen molar-refractivity contribution in [1.29, 1.82) is 0 Å². The zero-order chi connectivity index (χ0) is 28.2. The summed E-state index contributed by atoms with van der Waals surface area (Å²) in [6.45, 7) is 5.84. The summed E-state index contributed by atoms with van der Waals surface area (Å²) in [5.74, 6) is -4.25. The molecule has 1 heterocycles. The molecule has 0 spiro atoms. The van der Waals surface area contributed by atoms with Gasteiger partial charge in [0.1, 0.15) is 29.0 Å². The van der Waals surface area contributed by atoms with E-state index in [1.54, 1.807) is 60.7 Å². The third-order valence-corrected chi connectivity index (χ3v) is 7.07. The molecule has 2 aromatic carbocycles. The van der Waals surface area contributed by atoms with Crippen molar-refractivity contribution in [2.45, 2.75) is 38.7 Å². The van der Waals surface area contributed by atoms with Gasteiger partial charge < -0.3 is 29.6 Å². The van der Waals surface area contributed by atoms with Crippen molar-refractivity contribution in [3.8, 4) is 11.5 Å². The van der Waals surface area contributed by atoms with E-state index in [2.05, 4.69) is 26.6 Å². The number of halogens is 1. The summed E-state index contributed by atoms with van der Waals surface area (Å²) in [4.78, 5) is 41.0. The molecule has 9 nitrogen and oxygen atoms in total. The molecule has 0 aliphatic heterocycles. The third kappa shape index (κ3) is 6.17. The molecular formula is C29H31BrN2O7. The molecule has 1 aliphatic rings. The zero-order valence-corrected chi connectivity index (χ0v) is 23.5. The van der Waals surface area contributed by atoms with Crippen LogP contribution in [0.4, 0.5) is 11.4 Å². The number of benzene rings is 2. The number of hydrogen-bond donors (Lipinski definition) is 3. The van der Waals surface area contributed by atoms with Crippen molar-refractivity contribution in [2.24, 2.45) is 11.8 Å². The molecule has 4 rings (SSSR count). The SMILES string of the molecule is CCOc1ccccc1NC(=O)C1C(=O)CC(C)(O)C(C(=O)Nc2ccccc2OCC)C1c1ccc(Br)o1. The Balaban J connectivity index is 1.74. The number of para-hydroxylation sites is 4. The predicted octanol–water partition coefficient (Wildman–Crippen LogP) is 5.16. The van der Waals surface area contributed by atoms with Gasteiger partial charge in [-0.05, 0) is 73.1 Å². The smallest absolute Gasteiger partial charge is 0.235 e. The van der Waals surface area contributed by atoms with E-state index < -0.39 is 47.4 Å². The average molecular weight is 599 g/mol. The van der Waals surface area contributed by atoms with Gasteiger partial charge in [-0.15, -0.1) is 0 Å². The van der Waals surface area contributed by atoms with Gasteiger partial charge in [-0.3, -0.25) is 14.4 Å². The summed E-state index contributed by atoms with van der Waals surface area (Å²) in [5, 5.41) is 17.1. The number of furan rings is 1. The first-order valence-corrected chi connectivity index (χ1v) is 13.5. The second-order valence-corrected chi connectivity index (χ2v) is 10.2. The highest BCUT2D eigenvalue weighted by atomic mass is 79.9. The van der Waals surface area contributed by atoms with Gasteiger partial charge in [0.15, 0.2) is 4.67 Å². The van der Waals surface area contributed by atoms with Crippen molar-refractivity contribution >= 4 is 44.9 Å². The number of carbonyl (C=O) groups is 3. The Kier molecular flexibility index (Phi) is 8.76. The molecule has 3 N–H and O–H groups in total. The summed E-state index contributed by atoms with van der Waals surface area (Å²) in [6, 6.07) is 17.0. The maximum Gasteiger partial charge on any atom is 0.235 e. The van der Waals surface area contributed by atoms with Crippen LogP contribution in [0, 0.1) is 11.8 Å². The average Bonchev–Trinajstić information content (AvgIpc) is 3.31. The normalized spacial score (nSPS) is 22.7. The number of amides is 2. The molecule has 2 amide bonds. The second kappa shape index (κ2) is 12.0. The maximum absolute atomic E-state index is 13.9. The van der Waals surface area contributed by atoms with Crippen molar-refractivity contribution < 1.29 is 33.4 Å². The summed E-state index contributed by atoms with van der Waals surface area (Å²) in [5.41, 5.74) is -0.977. The van der Waals surface area contributed by atoms with Crippen LogP contribution in [0.5, 0.6) is 11.5 Å². The standard InChI is InChI=1S/C29H31BrN2O7/c1-4-37-20-12-8-6-10-17(20)31-27(34)24-19(33)16-29(3,36)26(25(24)22-14-15-23(30)39-22)28(35)32-18-11-7-9-13-21(18)38-5-2/h6-15,24-26,36H,4-5,16H2,1-3H3,(H,31,34)(H,32,35). The number of nitrogens with one attached hydrogen (secondary N) is 2. The lowest BCUT2D eigenvalue weighted by molar-refractivity contribution is -0.151. The summed E-state index contributed by atoms with van der Waals surface area (Å²) < 4.78 is 17.4. The van der Waals surface area contributed by atoms with Crippen LogP contribution in [-0.2, 0) is 14.4 Å². The first-order valence-electron chi connectivity index (χ1n) is 12.7. The monoisotopic (exact) mass is 598 g/mol. The first kappa shape index (κ1) is 28.4. The number of aliphatic hydroxyl groups is 1. The van der Waals surface area contributed by atoms with Gasteiger partial charge in [-0.1, -0.05) is 24.3 Å². The molecule has 0 bridgehead atoms. The van der Waals surface area contributed by atoms with Crippen molar-refractivity contribution in [2.75, 3.05) is 23.8 Å².